The van der Waals surface area contributed by atoms with Crippen LogP contribution in [0.5, 0.6) is 11.5 Å². The number of carbonyl (C=O) groups is 1. The summed E-state index contributed by atoms with van der Waals surface area (Å²) in [5, 5.41) is 10.6. The van der Waals surface area contributed by atoms with Gasteiger partial charge in [-0.1, -0.05) is 17.7 Å². The molecule has 3 aromatic carbocycles. The smallest absolute Gasteiger partial charge is 0.338 e. The monoisotopic (exact) mass is 467 g/mol. The zero-order valence-corrected chi connectivity index (χ0v) is 19.2. The SMILES string of the molecule is CCOC(=O)C1=CN(c2ccc(Oc3ccc(C)c(C)c3)cc2)c2cc(Cl)c(F)cc2C1O. The first-order valence-electron chi connectivity index (χ1n) is 10.5. The van der Waals surface area contributed by atoms with E-state index >= 15 is 0 Å². The first-order chi connectivity index (χ1) is 15.8. The lowest BCUT2D eigenvalue weighted by molar-refractivity contribution is -0.139. The maximum Gasteiger partial charge on any atom is 0.338 e. The summed E-state index contributed by atoms with van der Waals surface area (Å²) in [7, 11) is 0. The predicted molar refractivity (Wildman–Crippen MR) is 126 cm³/mol. The number of ether oxygens (including phenoxy) is 2. The fraction of sp³-hybridized carbons (Fsp3) is 0.192. The average Bonchev–Trinajstić information content (AvgIpc) is 2.79. The highest BCUT2D eigenvalue weighted by Crippen LogP contribution is 2.43. The maximum atomic E-state index is 14.2. The summed E-state index contributed by atoms with van der Waals surface area (Å²) in [5.74, 6) is -0.00240. The number of carbonyl (C=O) groups excluding carboxylic acids is 1. The van der Waals surface area contributed by atoms with E-state index in [0.717, 1.165) is 17.4 Å². The number of halogens is 2. The van der Waals surface area contributed by atoms with Crippen molar-refractivity contribution >= 4 is 28.9 Å². The molecule has 1 aliphatic heterocycles. The lowest BCUT2D eigenvalue weighted by Gasteiger charge is -2.32. The number of anilines is 2. The molecule has 7 heteroatoms. The Hall–Kier alpha value is -3.35. The van der Waals surface area contributed by atoms with Gasteiger partial charge in [0.05, 0.1) is 22.9 Å². The predicted octanol–water partition coefficient (Wildman–Crippen LogP) is 6.52. The molecule has 4 rings (SSSR count). The first kappa shape index (κ1) is 22.8. The quantitative estimate of drug-likeness (QED) is 0.433. The van der Waals surface area contributed by atoms with Gasteiger partial charge in [-0.3, -0.25) is 0 Å². The van der Waals surface area contributed by atoms with E-state index < -0.39 is 17.9 Å². The Kier molecular flexibility index (Phi) is 6.40. The Morgan fingerprint density at radius 3 is 2.42 bits per heavy atom. The molecule has 0 saturated carbocycles. The number of hydrogen-bond acceptors (Lipinski definition) is 5. The van der Waals surface area contributed by atoms with Gasteiger partial charge in [-0.15, -0.1) is 0 Å². The number of aliphatic hydroxyl groups excluding tert-OH is 1. The van der Waals surface area contributed by atoms with Crippen molar-refractivity contribution < 1.29 is 23.8 Å². The second-order valence-corrected chi connectivity index (χ2v) is 8.15. The van der Waals surface area contributed by atoms with E-state index in [1.165, 1.54) is 17.8 Å². The van der Waals surface area contributed by atoms with Crippen molar-refractivity contribution in [1.82, 2.24) is 0 Å². The summed E-state index contributed by atoms with van der Waals surface area (Å²) in [6, 6.07) is 15.6. The van der Waals surface area contributed by atoms with Crippen LogP contribution in [0.1, 0.15) is 29.7 Å². The topological polar surface area (TPSA) is 59.0 Å². The number of fused-ring (bicyclic) bond motifs is 1. The van der Waals surface area contributed by atoms with Crippen molar-refractivity contribution in [3.63, 3.8) is 0 Å². The van der Waals surface area contributed by atoms with Gasteiger partial charge in [-0.05, 0) is 80.4 Å². The van der Waals surface area contributed by atoms with Crippen molar-refractivity contribution in [2.45, 2.75) is 26.9 Å². The molecule has 1 atom stereocenters. The summed E-state index contributed by atoms with van der Waals surface area (Å²) in [4.78, 5) is 14.1. The molecule has 170 valence electrons. The summed E-state index contributed by atoms with van der Waals surface area (Å²) in [6.45, 7) is 5.88. The van der Waals surface area contributed by atoms with Crippen molar-refractivity contribution in [3.8, 4) is 11.5 Å². The molecule has 33 heavy (non-hydrogen) atoms. The van der Waals surface area contributed by atoms with Crippen molar-refractivity contribution in [3.05, 3.63) is 93.9 Å². The molecular weight excluding hydrogens is 445 g/mol. The minimum atomic E-state index is -1.34. The van der Waals surface area contributed by atoms with E-state index in [4.69, 9.17) is 21.1 Å². The molecule has 0 aliphatic carbocycles. The normalized spacial score (nSPS) is 15.0. The minimum Gasteiger partial charge on any atom is -0.463 e. The number of rotatable bonds is 5. The number of benzene rings is 3. The van der Waals surface area contributed by atoms with Crippen LogP contribution in [0.25, 0.3) is 0 Å². The van der Waals surface area contributed by atoms with Crippen LogP contribution in [0, 0.1) is 19.7 Å². The molecule has 0 aromatic heterocycles. The van der Waals surface area contributed by atoms with Crippen LogP contribution < -0.4 is 9.64 Å². The van der Waals surface area contributed by atoms with Crippen LogP contribution >= 0.6 is 11.6 Å². The lowest BCUT2D eigenvalue weighted by atomic mass is 9.95. The Balaban J connectivity index is 1.70. The fourth-order valence-electron chi connectivity index (χ4n) is 3.61. The van der Waals surface area contributed by atoms with Crippen LogP contribution in [0.3, 0.4) is 0 Å². The molecular formula is C26H23ClFNO4. The minimum absolute atomic E-state index is 0.00142. The molecule has 1 N–H and O–H groups in total. The zero-order valence-electron chi connectivity index (χ0n) is 18.4. The molecule has 0 amide bonds. The van der Waals surface area contributed by atoms with Crippen molar-refractivity contribution in [2.24, 2.45) is 0 Å². The largest absolute Gasteiger partial charge is 0.463 e. The van der Waals surface area contributed by atoms with Crippen LogP contribution in [-0.4, -0.2) is 17.7 Å². The molecule has 1 aliphatic rings. The third kappa shape index (κ3) is 4.58. The van der Waals surface area contributed by atoms with E-state index in [1.807, 2.05) is 32.0 Å². The summed E-state index contributed by atoms with van der Waals surface area (Å²) in [5.41, 5.74) is 3.67. The van der Waals surface area contributed by atoms with E-state index in [-0.39, 0.29) is 22.8 Å². The number of hydrogen-bond donors (Lipinski definition) is 1. The number of aryl methyl sites for hydroxylation is 2. The molecule has 1 unspecified atom stereocenters. The average molecular weight is 468 g/mol. The van der Waals surface area contributed by atoms with E-state index in [2.05, 4.69) is 0 Å². The standard InChI is InChI=1S/C26H23ClFNO4/c1-4-32-26(31)21-14-29(24-13-22(27)23(28)12-20(24)25(21)30)17-6-9-18(10-7-17)33-19-8-5-15(2)16(3)11-19/h5-14,25,30H,4H2,1-3H3. The molecule has 0 radical (unpaired) electrons. The molecule has 0 bridgehead atoms. The second kappa shape index (κ2) is 9.25. The van der Waals surface area contributed by atoms with Crippen molar-refractivity contribution in [1.29, 1.82) is 0 Å². The van der Waals surface area contributed by atoms with E-state index in [1.54, 1.807) is 36.1 Å². The van der Waals surface area contributed by atoms with Gasteiger partial charge in [0.2, 0.25) is 0 Å². The van der Waals surface area contributed by atoms with Gasteiger partial charge in [0.25, 0.3) is 0 Å². The van der Waals surface area contributed by atoms with Crippen LogP contribution in [-0.2, 0) is 9.53 Å². The van der Waals surface area contributed by atoms with Gasteiger partial charge in [-0.2, -0.15) is 0 Å². The molecule has 0 fully saturated rings. The number of aliphatic hydroxyl groups is 1. The summed E-state index contributed by atoms with van der Waals surface area (Å²) < 4.78 is 25.2. The highest BCUT2D eigenvalue weighted by molar-refractivity contribution is 6.31. The third-order valence-electron chi connectivity index (χ3n) is 5.53. The Morgan fingerprint density at radius 2 is 1.76 bits per heavy atom. The molecule has 3 aromatic rings. The first-order valence-corrected chi connectivity index (χ1v) is 10.9. The van der Waals surface area contributed by atoms with Gasteiger partial charge in [0.1, 0.15) is 23.4 Å². The third-order valence-corrected chi connectivity index (χ3v) is 5.82. The van der Waals surface area contributed by atoms with Gasteiger partial charge in [-0.25, -0.2) is 9.18 Å². The Morgan fingerprint density at radius 1 is 1.06 bits per heavy atom. The molecule has 0 saturated heterocycles. The van der Waals surface area contributed by atoms with Crippen LogP contribution in [0.4, 0.5) is 15.8 Å². The Bertz CT molecular complexity index is 1240. The van der Waals surface area contributed by atoms with Gasteiger partial charge in [0.15, 0.2) is 0 Å². The van der Waals surface area contributed by atoms with E-state index in [0.29, 0.717) is 17.1 Å². The van der Waals surface area contributed by atoms with E-state index in [9.17, 15) is 14.3 Å². The summed E-state index contributed by atoms with van der Waals surface area (Å²) >= 11 is 6.02. The van der Waals surface area contributed by atoms with Crippen LogP contribution in [0.2, 0.25) is 5.02 Å². The molecule has 5 nitrogen and oxygen atoms in total. The zero-order chi connectivity index (χ0) is 23.7. The highest BCUT2D eigenvalue weighted by Gasteiger charge is 2.32. The second-order valence-electron chi connectivity index (χ2n) is 7.74. The van der Waals surface area contributed by atoms with Crippen molar-refractivity contribution in [2.75, 3.05) is 11.5 Å². The van der Waals surface area contributed by atoms with Gasteiger partial charge >= 0.3 is 5.97 Å². The number of esters is 1. The van der Waals surface area contributed by atoms with Crippen LogP contribution in [0.15, 0.2) is 66.4 Å². The Labute approximate surface area is 196 Å². The lowest BCUT2D eigenvalue weighted by Crippen LogP contribution is -2.25. The summed E-state index contributed by atoms with van der Waals surface area (Å²) in [6.07, 6.45) is 0.146. The number of nitrogens with zero attached hydrogens (tertiary/aromatic N) is 1. The molecule has 1 heterocycles. The maximum absolute atomic E-state index is 14.2. The highest BCUT2D eigenvalue weighted by atomic mass is 35.5. The van der Waals surface area contributed by atoms with Gasteiger partial charge in [0, 0.05) is 17.5 Å². The molecule has 0 spiro atoms. The fourth-order valence-corrected chi connectivity index (χ4v) is 3.76. The van der Waals surface area contributed by atoms with Gasteiger partial charge < -0.3 is 19.5 Å².